The van der Waals surface area contributed by atoms with Crippen LogP contribution < -0.4 is 5.73 Å². The molecule has 1 aliphatic carbocycles. The molecule has 0 bridgehead atoms. The zero-order chi connectivity index (χ0) is 12.5. The van der Waals surface area contributed by atoms with E-state index >= 15 is 0 Å². The molecule has 0 spiro atoms. The molecule has 0 aromatic heterocycles. The van der Waals surface area contributed by atoms with Gasteiger partial charge in [0.05, 0.1) is 11.6 Å². The molecule has 2 rings (SSSR count). The predicted octanol–water partition coefficient (Wildman–Crippen LogP) is 2.47. The van der Waals surface area contributed by atoms with Gasteiger partial charge in [0, 0.05) is 0 Å². The summed E-state index contributed by atoms with van der Waals surface area (Å²) in [5, 5.41) is 10.4. The number of rotatable bonds is 2. The third kappa shape index (κ3) is 2.64. The van der Waals surface area contributed by atoms with E-state index < -0.39 is 17.8 Å². The van der Waals surface area contributed by atoms with Gasteiger partial charge in [0.2, 0.25) is 0 Å². The van der Waals surface area contributed by atoms with Crippen molar-refractivity contribution in [1.82, 2.24) is 0 Å². The van der Waals surface area contributed by atoms with E-state index in [4.69, 9.17) is 5.73 Å². The Kier molecular flexibility index (Phi) is 3.45. The fraction of sp³-hybridized carbons (Fsp3) is 0.538. The number of alkyl halides is 1. The van der Waals surface area contributed by atoms with Crippen LogP contribution in [0.3, 0.4) is 0 Å². The van der Waals surface area contributed by atoms with Crippen LogP contribution >= 0.6 is 0 Å². The molecule has 0 saturated heterocycles. The monoisotopic (exact) mass is 241 g/mol. The first-order chi connectivity index (χ1) is 8.01. The molecule has 4 heteroatoms. The molecular formula is C13H17F2NO. The molecule has 1 fully saturated rings. The maximum Gasteiger partial charge on any atom is 0.123 e. The fourth-order valence-electron chi connectivity index (χ4n) is 2.40. The second kappa shape index (κ2) is 4.70. The summed E-state index contributed by atoms with van der Waals surface area (Å²) in [5.74, 6) is -0.374. The third-order valence-electron chi connectivity index (χ3n) is 3.57. The summed E-state index contributed by atoms with van der Waals surface area (Å²) in [4.78, 5) is 0. The van der Waals surface area contributed by atoms with Gasteiger partial charge in [-0.3, -0.25) is 0 Å². The largest absolute Gasteiger partial charge is 0.388 e. The number of hydrogen-bond donors (Lipinski definition) is 2. The second-order valence-electron chi connectivity index (χ2n) is 4.81. The minimum atomic E-state index is -1.11. The summed E-state index contributed by atoms with van der Waals surface area (Å²) < 4.78 is 26.1. The molecule has 1 aliphatic rings. The van der Waals surface area contributed by atoms with Crippen molar-refractivity contribution >= 4 is 0 Å². The van der Waals surface area contributed by atoms with Crippen molar-refractivity contribution in [2.75, 3.05) is 0 Å². The van der Waals surface area contributed by atoms with E-state index in [1.54, 1.807) is 12.1 Å². The Hall–Kier alpha value is -1.00. The Morgan fingerprint density at radius 1 is 1.35 bits per heavy atom. The van der Waals surface area contributed by atoms with Gasteiger partial charge in [-0.25, -0.2) is 8.78 Å². The summed E-state index contributed by atoms with van der Waals surface area (Å²) in [6, 6.07) is 5.25. The molecule has 0 radical (unpaired) electrons. The molecule has 0 heterocycles. The summed E-state index contributed by atoms with van der Waals surface area (Å²) >= 11 is 0. The molecule has 1 atom stereocenters. The van der Waals surface area contributed by atoms with E-state index in [1.807, 2.05) is 0 Å². The van der Waals surface area contributed by atoms with Crippen LogP contribution in [0.1, 0.15) is 37.3 Å². The van der Waals surface area contributed by atoms with Crippen LogP contribution in [0.4, 0.5) is 8.78 Å². The van der Waals surface area contributed by atoms with E-state index in [1.165, 1.54) is 12.1 Å². The molecule has 94 valence electrons. The molecular weight excluding hydrogens is 224 g/mol. The van der Waals surface area contributed by atoms with E-state index in [0.29, 0.717) is 31.2 Å². The maximum absolute atomic E-state index is 13.1. The first kappa shape index (κ1) is 12.5. The van der Waals surface area contributed by atoms with Crippen LogP contribution in [0.2, 0.25) is 0 Å². The molecule has 3 N–H and O–H groups in total. The topological polar surface area (TPSA) is 46.2 Å². The average molecular weight is 241 g/mol. The summed E-state index contributed by atoms with van der Waals surface area (Å²) in [6.07, 6.45) is 0.437. The van der Waals surface area contributed by atoms with E-state index in [9.17, 15) is 13.9 Å². The Morgan fingerprint density at radius 2 is 2.00 bits per heavy atom. The van der Waals surface area contributed by atoms with Gasteiger partial charge in [-0.05, 0) is 43.4 Å². The van der Waals surface area contributed by atoms with Crippen molar-refractivity contribution in [1.29, 1.82) is 0 Å². The second-order valence-corrected chi connectivity index (χ2v) is 4.81. The van der Waals surface area contributed by atoms with Crippen molar-refractivity contribution < 1.29 is 13.9 Å². The average Bonchev–Trinajstić information content (AvgIpc) is 2.32. The van der Waals surface area contributed by atoms with Gasteiger partial charge in [-0.2, -0.15) is 0 Å². The maximum atomic E-state index is 13.1. The van der Waals surface area contributed by atoms with Crippen LogP contribution in [-0.4, -0.2) is 16.9 Å². The predicted molar refractivity (Wildman–Crippen MR) is 61.6 cm³/mol. The highest BCUT2D eigenvalue weighted by Crippen LogP contribution is 2.38. The van der Waals surface area contributed by atoms with Crippen molar-refractivity contribution in [3.63, 3.8) is 0 Å². The Balaban J connectivity index is 2.16. The fourth-order valence-corrected chi connectivity index (χ4v) is 2.40. The number of halogens is 2. The first-order valence-electron chi connectivity index (χ1n) is 5.89. The molecule has 0 amide bonds. The highest BCUT2D eigenvalue weighted by atomic mass is 19.1. The van der Waals surface area contributed by atoms with Crippen molar-refractivity contribution in [3.8, 4) is 0 Å². The SMILES string of the molecule is NC(c1cccc(F)c1)C1(O)CCC(F)CC1. The summed E-state index contributed by atoms with van der Waals surface area (Å²) in [6.45, 7) is 0. The molecule has 2 nitrogen and oxygen atoms in total. The highest BCUT2D eigenvalue weighted by molar-refractivity contribution is 5.23. The van der Waals surface area contributed by atoms with Crippen LogP contribution in [0.25, 0.3) is 0 Å². The molecule has 1 aromatic rings. The van der Waals surface area contributed by atoms with Gasteiger partial charge >= 0.3 is 0 Å². The van der Waals surface area contributed by atoms with E-state index in [-0.39, 0.29) is 5.82 Å². The lowest BCUT2D eigenvalue weighted by Crippen LogP contribution is -2.44. The van der Waals surface area contributed by atoms with Crippen molar-refractivity contribution in [3.05, 3.63) is 35.6 Å². The quantitative estimate of drug-likeness (QED) is 0.835. The lowest BCUT2D eigenvalue weighted by atomic mass is 9.77. The minimum absolute atomic E-state index is 0.319. The van der Waals surface area contributed by atoms with Crippen LogP contribution in [0.15, 0.2) is 24.3 Å². The lowest BCUT2D eigenvalue weighted by molar-refractivity contribution is -0.0364. The minimum Gasteiger partial charge on any atom is -0.388 e. The lowest BCUT2D eigenvalue weighted by Gasteiger charge is -2.38. The van der Waals surface area contributed by atoms with Crippen molar-refractivity contribution in [2.24, 2.45) is 5.73 Å². The standard InChI is InChI=1S/C13H17F2NO/c14-10-4-6-13(17,7-5-10)12(16)9-2-1-3-11(15)8-9/h1-3,8,10,12,17H,4-7,16H2. The Bertz CT molecular complexity index is 389. The Morgan fingerprint density at radius 3 is 2.59 bits per heavy atom. The van der Waals surface area contributed by atoms with E-state index in [2.05, 4.69) is 0 Å². The molecule has 1 aromatic carbocycles. The Labute approximate surface area is 99.4 Å². The third-order valence-corrected chi connectivity index (χ3v) is 3.57. The number of aliphatic hydroxyl groups is 1. The summed E-state index contributed by atoms with van der Waals surface area (Å²) in [7, 11) is 0. The molecule has 1 unspecified atom stereocenters. The van der Waals surface area contributed by atoms with Gasteiger partial charge in [0.1, 0.15) is 12.0 Å². The van der Waals surface area contributed by atoms with Crippen LogP contribution in [0, 0.1) is 5.82 Å². The van der Waals surface area contributed by atoms with Gasteiger partial charge < -0.3 is 10.8 Å². The molecule has 1 saturated carbocycles. The van der Waals surface area contributed by atoms with E-state index in [0.717, 1.165) is 0 Å². The van der Waals surface area contributed by atoms with Crippen molar-refractivity contribution in [2.45, 2.75) is 43.5 Å². The van der Waals surface area contributed by atoms with Crippen LogP contribution in [0.5, 0.6) is 0 Å². The molecule has 0 aliphatic heterocycles. The number of benzene rings is 1. The highest BCUT2D eigenvalue weighted by Gasteiger charge is 2.39. The first-order valence-corrected chi connectivity index (χ1v) is 5.89. The van der Waals surface area contributed by atoms with Gasteiger partial charge in [-0.1, -0.05) is 12.1 Å². The summed E-state index contributed by atoms with van der Waals surface area (Å²) in [5.41, 5.74) is 5.42. The number of hydrogen-bond acceptors (Lipinski definition) is 2. The normalized spacial score (nSPS) is 31.2. The smallest absolute Gasteiger partial charge is 0.123 e. The molecule has 17 heavy (non-hydrogen) atoms. The van der Waals surface area contributed by atoms with Gasteiger partial charge in [-0.15, -0.1) is 0 Å². The zero-order valence-electron chi connectivity index (χ0n) is 9.57. The van der Waals surface area contributed by atoms with Crippen LogP contribution in [-0.2, 0) is 0 Å². The zero-order valence-corrected chi connectivity index (χ0v) is 9.57. The van der Waals surface area contributed by atoms with Gasteiger partial charge in [0.25, 0.3) is 0 Å². The number of nitrogens with two attached hydrogens (primary N) is 1. The van der Waals surface area contributed by atoms with Gasteiger partial charge in [0.15, 0.2) is 0 Å².